The molecule has 0 fully saturated rings. The summed E-state index contributed by atoms with van der Waals surface area (Å²) in [5, 5.41) is 6.33. The number of carbonyl (C=O) groups is 1. The van der Waals surface area contributed by atoms with E-state index < -0.39 is 15.9 Å². The Morgan fingerprint density at radius 3 is 2.31 bits per heavy atom. The fourth-order valence-electron chi connectivity index (χ4n) is 2.64. The lowest BCUT2D eigenvalue weighted by Crippen LogP contribution is -2.15. The number of hydrogen-bond donors (Lipinski definition) is 4. The van der Waals surface area contributed by atoms with E-state index in [-0.39, 0.29) is 0 Å². The lowest BCUT2D eigenvalue weighted by molar-refractivity contribution is 0.100. The van der Waals surface area contributed by atoms with Crippen molar-refractivity contribution in [1.29, 1.82) is 0 Å². The van der Waals surface area contributed by atoms with E-state index in [1.54, 1.807) is 30.3 Å². The second-order valence-electron chi connectivity index (χ2n) is 6.40. The molecule has 0 saturated heterocycles. The van der Waals surface area contributed by atoms with Gasteiger partial charge in [-0.25, -0.2) is 13.4 Å². The first-order chi connectivity index (χ1) is 13.8. The first-order valence-electron chi connectivity index (χ1n) is 8.73. The molecule has 5 N–H and O–H groups in total. The third-order valence-corrected chi connectivity index (χ3v) is 4.56. The Hall–Kier alpha value is -3.59. The Kier molecular flexibility index (Phi) is 5.99. The maximum atomic E-state index is 11.7. The second-order valence-corrected chi connectivity index (χ2v) is 8.14. The smallest absolute Gasteiger partial charge is 0.252 e. The lowest BCUT2D eigenvalue weighted by atomic mass is 10.2. The SMILES string of the molecule is CS(=O)(=O)Nc1ccc(Nc2cc(NCc3ccccc3)c(C(N)=O)cn2)cc1. The van der Waals surface area contributed by atoms with Crippen molar-refractivity contribution in [3.63, 3.8) is 0 Å². The van der Waals surface area contributed by atoms with Crippen molar-refractivity contribution in [1.82, 2.24) is 4.98 Å². The quantitative estimate of drug-likeness (QED) is 0.451. The number of hydrogen-bond acceptors (Lipinski definition) is 6. The van der Waals surface area contributed by atoms with Crippen molar-refractivity contribution >= 4 is 38.8 Å². The van der Waals surface area contributed by atoms with Gasteiger partial charge < -0.3 is 16.4 Å². The first kappa shape index (κ1) is 20.2. The Morgan fingerprint density at radius 2 is 1.69 bits per heavy atom. The number of sulfonamides is 1. The molecule has 1 heterocycles. The highest BCUT2D eigenvalue weighted by atomic mass is 32.2. The zero-order valence-corrected chi connectivity index (χ0v) is 16.5. The molecule has 8 nitrogen and oxygen atoms in total. The Bertz CT molecular complexity index is 1100. The summed E-state index contributed by atoms with van der Waals surface area (Å²) in [5.41, 5.74) is 8.54. The highest BCUT2D eigenvalue weighted by molar-refractivity contribution is 7.92. The molecular weight excluding hydrogens is 390 g/mol. The van der Waals surface area contributed by atoms with Gasteiger partial charge in [-0.3, -0.25) is 9.52 Å². The number of aromatic nitrogens is 1. The standard InChI is InChI=1S/C20H21N5O3S/c1-29(27,28)25-16-9-7-15(8-10-16)24-19-11-18(17(13-23-19)20(21)26)22-12-14-5-3-2-4-6-14/h2-11,13,25H,12H2,1H3,(H2,21,26)(H2,22,23,24). The summed E-state index contributed by atoms with van der Waals surface area (Å²) in [6, 6.07) is 18.2. The fraction of sp³-hybridized carbons (Fsp3) is 0.100. The summed E-state index contributed by atoms with van der Waals surface area (Å²) in [5.74, 6) is -0.0646. The van der Waals surface area contributed by atoms with Crippen LogP contribution in [-0.2, 0) is 16.6 Å². The number of primary amides is 1. The minimum atomic E-state index is -3.33. The molecule has 0 aliphatic heterocycles. The van der Waals surface area contributed by atoms with Gasteiger partial charge in [0.25, 0.3) is 5.91 Å². The summed E-state index contributed by atoms with van der Waals surface area (Å²) in [6.07, 6.45) is 2.50. The molecule has 1 aromatic heterocycles. The van der Waals surface area contributed by atoms with E-state index in [2.05, 4.69) is 20.3 Å². The van der Waals surface area contributed by atoms with Crippen LogP contribution in [0.15, 0.2) is 66.9 Å². The fourth-order valence-corrected chi connectivity index (χ4v) is 3.21. The van der Waals surface area contributed by atoms with E-state index in [1.807, 2.05) is 30.3 Å². The first-order valence-corrected chi connectivity index (χ1v) is 10.6. The van der Waals surface area contributed by atoms with Crippen LogP contribution in [0.4, 0.5) is 22.9 Å². The zero-order chi connectivity index (χ0) is 20.9. The van der Waals surface area contributed by atoms with E-state index in [1.165, 1.54) is 6.20 Å². The molecule has 0 bridgehead atoms. The van der Waals surface area contributed by atoms with Crippen LogP contribution in [0.1, 0.15) is 15.9 Å². The van der Waals surface area contributed by atoms with Crippen molar-refractivity contribution in [2.24, 2.45) is 5.73 Å². The van der Waals surface area contributed by atoms with Gasteiger partial charge in [0.1, 0.15) is 5.82 Å². The monoisotopic (exact) mass is 411 g/mol. The number of nitrogens with one attached hydrogen (secondary N) is 3. The predicted molar refractivity (Wildman–Crippen MR) is 115 cm³/mol. The van der Waals surface area contributed by atoms with Gasteiger partial charge in [-0.15, -0.1) is 0 Å². The summed E-state index contributed by atoms with van der Waals surface area (Å²) < 4.78 is 25.0. The van der Waals surface area contributed by atoms with Crippen LogP contribution in [0.25, 0.3) is 0 Å². The number of nitrogens with zero attached hydrogens (tertiary/aromatic N) is 1. The van der Waals surface area contributed by atoms with Crippen LogP contribution < -0.4 is 21.1 Å². The molecule has 0 saturated carbocycles. The van der Waals surface area contributed by atoms with Crippen LogP contribution >= 0.6 is 0 Å². The molecule has 0 spiro atoms. The van der Waals surface area contributed by atoms with Crippen molar-refractivity contribution in [3.8, 4) is 0 Å². The minimum Gasteiger partial charge on any atom is -0.380 e. The van der Waals surface area contributed by atoms with Gasteiger partial charge >= 0.3 is 0 Å². The van der Waals surface area contributed by atoms with E-state index in [4.69, 9.17) is 5.73 Å². The van der Waals surface area contributed by atoms with Crippen molar-refractivity contribution in [2.75, 3.05) is 21.6 Å². The van der Waals surface area contributed by atoms with Gasteiger partial charge in [0.2, 0.25) is 10.0 Å². The summed E-state index contributed by atoms with van der Waals surface area (Å²) in [4.78, 5) is 15.9. The Balaban J connectivity index is 1.76. The van der Waals surface area contributed by atoms with Gasteiger partial charge in [0.15, 0.2) is 0 Å². The van der Waals surface area contributed by atoms with Crippen molar-refractivity contribution in [2.45, 2.75) is 6.54 Å². The molecular formula is C20H21N5O3S. The molecule has 0 radical (unpaired) electrons. The molecule has 0 aliphatic rings. The second kappa shape index (κ2) is 8.61. The Morgan fingerprint density at radius 1 is 1.03 bits per heavy atom. The molecule has 2 aromatic carbocycles. The topological polar surface area (TPSA) is 126 Å². The summed E-state index contributed by atoms with van der Waals surface area (Å²) in [6.45, 7) is 0.524. The van der Waals surface area contributed by atoms with E-state index in [9.17, 15) is 13.2 Å². The molecule has 0 atom stereocenters. The molecule has 3 rings (SSSR count). The number of amides is 1. The number of rotatable bonds is 8. The van der Waals surface area contributed by atoms with Gasteiger partial charge in [-0.2, -0.15) is 0 Å². The number of nitrogens with two attached hydrogens (primary N) is 1. The molecule has 9 heteroatoms. The largest absolute Gasteiger partial charge is 0.380 e. The van der Waals surface area contributed by atoms with Gasteiger partial charge in [0, 0.05) is 30.2 Å². The molecule has 150 valence electrons. The normalized spacial score (nSPS) is 10.9. The number of anilines is 4. The highest BCUT2D eigenvalue weighted by Crippen LogP contribution is 2.23. The molecule has 0 aliphatic carbocycles. The van der Waals surface area contributed by atoms with Crippen LogP contribution in [0.2, 0.25) is 0 Å². The maximum Gasteiger partial charge on any atom is 0.252 e. The third kappa shape index (κ3) is 5.94. The Labute approximate surface area is 169 Å². The van der Waals surface area contributed by atoms with E-state index >= 15 is 0 Å². The maximum absolute atomic E-state index is 11.7. The van der Waals surface area contributed by atoms with Crippen molar-refractivity contribution in [3.05, 3.63) is 78.0 Å². The van der Waals surface area contributed by atoms with Gasteiger partial charge in [-0.05, 0) is 29.8 Å². The van der Waals surface area contributed by atoms with Crippen molar-refractivity contribution < 1.29 is 13.2 Å². The van der Waals surface area contributed by atoms with Gasteiger partial charge in [0.05, 0.1) is 17.5 Å². The lowest BCUT2D eigenvalue weighted by Gasteiger charge is -2.13. The molecule has 3 aromatic rings. The van der Waals surface area contributed by atoms with Crippen LogP contribution in [0.3, 0.4) is 0 Å². The van der Waals surface area contributed by atoms with E-state index in [0.29, 0.717) is 35.0 Å². The average Bonchev–Trinajstić information content (AvgIpc) is 2.67. The predicted octanol–water partition coefficient (Wildman–Crippen LogP) is 2.91. The number of carbonyl (C=O) groups excluding carboxylic acids is 1. The minimum absolute atomic E-state index is 0.291. The average molecular weight is 411 g/mol. The van der Waals surface area contributed by atoms with Crippen LogP contribution in [0.5, 0.6) is 0 Å². The van der Waals surface area contributed by atoms with Crippen LogP contribution in [0, 0.1) is 0 Å². The molecule has 1 amide bonds. The van der Waals surface area contributed by atoms with Crippen LogP contribution in [-0.4, -0.2) is 25.6 Å². The molecule has 0 unspecified atom stereocenters. The third-order valence-electron chi connectivity index (χ3n) is 3.96. The molecule has 29 heavy (non-hydrogen) atoms. The van der Waals surface area contributed by atoms with Gasteiger partial charge in [-0.1, -0.05) is 30.3 Å². The highest BCUT2D eigenvalue weighted by Gasteiger charge is 2.11. The van der Waals surface area contributed by atoms with E-state index in [0.717, 1.165) is 11.8 Å². The zero-order valence-electron chi connectivity index (χ0n) is 15.7. The number of benzene rings is 2. The summed E-state index contributed by atoms with van der Waals surface area (Å²) in [7, 11) is -3.33. The summed E-state index contributed by atoms with van der Waals surface area (Å²) >= 11 is 0. The number of pyridine rings is 1.